The zero-order valence-electron chi connectivity index (χ0n) is 26.2. The summed E-state index contributed by atoms with van der Waals surface area (Å²) >= 11 is 6.97. The molecule has 0 radical (unpaired) electrons. The Morgan fingerprint density at radius 1 is 1.09 bits per heavy atom. The van der Waals surface area contributed by atoms with Crippen LogP contribution < -0.4 is 15.4 Å². The Hall–Kier alpha value is -4.62. The number of amides is 2. The third-order valence-corrected chi connectivity index (χ3v) is 8.39. The van der Waals surface area contributed by atoms with E-state index in [2.05, 4.69) is 20.6 Å². The van der Waals surface area contributed by atoms with E-state index in [1.807, 2.05) is 37.3 Å². The maximum absolute atomic E-state index is 13.1. The number of nitrogens with one attached hydrogen (secondary N) is 2. The molecule has 0 spiro atoms. The Balaban J connectivity index is 1.33. The standard InChI is InChI=1S/C34H37ClN6O6/c1-21-25(4-3-5-27(21)39-32(43)29-8-6-22(18-38-29)20-41(14-15-42)34(44)45)31-30(35)26(10-13-36-31)28-9-7-23(33(40-28)46-2)19-37-24-11-16-47-17-12-24/h3-10,13,18,24,37,42H,11-12,14-17,19-20H2,1-2H3,(H,39,43)(H,44,45). The number of nitrogens with zero attached hydrogens (tertiary/aromatic N) is 4. The highest BCUT2D eigenvalue weighted by Crippen LogP contribution is 2.38. The molecule has 1 aliphatic heterocycles. The van der Waals surface area contributed by atoms with Gasteiger partial charge in [-0.05, 0) is 55.2 Å². The molecule has 1 saturated heterocycles. The minimum Gasteiger partial charge on any atom is -0.481 e. The minimum absolute atomic E-state index is 0.0270. The zero-order valence-corrected chi connectivity index (χ0v) is 27.0. The van der Waals surface area contributed by atoms with E-state index in [1.54, 1.807) is 25.4 Å². The van der Waals surface area contributed by atoms with Crippen LogP contribution >= 0.6 is 11.6 Å². The monoisotopic (exact) mass is 660 g/mol. The first-order valence-corrected chi connectivity index (χ1v) is 15.6. The lowest BCUT2D eigenvalue weighted by atomic mass is 10.0. The van der Waals surface area contributed by atoms with Crippen LogP contribution in [0.1, 0.15) is 40.0 Å². The van der Waals surface area contributed by atoms with E-state index >= 15 is 0 Å². The summed E-state index contributed by atoms with van der Waals surface area (Å²) in [7, 11) is 1.60. The van der Waals surface area contributed by atoms with E-state index in [4.69, 9.17) is 31.2 Å². The van der Waals surface area contributed by atoms with Gasteiger partial charge < -0.3 is 35.2 Å². The quantitative estimate of drug-likeness (QED) is 0.160. The van der Waals surface area contributed by atoms with Gasteiger partial charge in [0.25, 0.3) is 5.91 Å². The summed E-state index contributed by atoms with van der Waals surface area (Å²) in [6, 6.07) is 14.7. The van der Waals surface area contributed by atoms with E-state index in [1.165, 1.54) is 12.3 Å². The van der Waals surface area contributed by atoms with E-state index in [9.17, 15) is 14.7 Å². The summed E-state index contributed by atoms with van der Waals surface area (Å²) in [6.07, 6.45) is 3.91. The van der Waals surface area contributed by atoms with E-state index < -0.39 is 12.0 Å². The topological polar surface area (TPSA) is 159 Å². The minimum atomic E-state index is -1.15. The largest absolute Gasteiger partial charge is 0.481 e. The van der Waals surface area contributed by atoms with Gasteiger partial charge in [-0.25, -0.2) is 9.78 Å². The maximum Gasteiger partial charge on any atom is 0.407 e. The van der Waals surface area contributed by atoms with Gasteiger partial charge in [0.15, 0.2) is 0 Å². The molecule has 2 amide bonds. The average molecular weight is 661 g/mol. The molecular weight excluding hydrogens is 624 g/mol. The van der Waals surface area contributed by atoms with Crippen LogP contribution in [-0.2, 0) is 17.8 Å². The highest BCUT2D eigenvalue weighted by atomic mass is 35.5. The Morgan fingerprint density at radius 2 is 1.89 bits per heavy atom. The summed E-state index contributed by atoms with van der Waals surface area (Å²) < 4.78 is 11.1. The number of methoxy groups -OCH3 is 1. The van der Waals surface area contributed by atoms with Gasteiger partial charge in [0.05, 0.1) is 36.7 Å². The van der Waals surface area contributed by atoms with Crippen molar-refractivity contribution in [2.24, 2.45) is 0 Å². The first-order valence-electron chi connectivity index (χ1n) is 15.2. The molecule has 1 aliphatic rings. The van der Waals surface area contributed by atoms with Crippen LogP contribution in [0.25, 0.3) is 22.5 Å². The molecule has 5 rings (SSSR count). The molecule has 246 valence electrons. The number of benzene rings is 1. The summed E-state index contributed by atoms with van der Waals surface area (Å²) in [6.45, 7) is 3.74. The predicted octanol–water partition coefficient (Wildman–Crippen LogP) is 5.17. The van der Waals surface area contributed by atoms with Crippen molar-refractivity contribution in [1.82, 2.24) is 25.2 Å². The van der Waals surface area contributed by atoms with Crippen molar-refractivity contribution in [3.05, 3.63) is 88.3 Å². The van der Waals surface area contributed by atoms with Crippen molar-refractivity contribution in [2.45, 2.75) is 38.9 Å². The Morgan fingerprint density at radius 3 is 2.60 bits per heavy atom. The van der Waals surface area contributed by atoms with Gasteiger partial charge in [-0.15, -0.1) is 0 Å². The number of carbonyl (C=O) groups is 2. The molecule has 0 bridgehead atoms. The third kappa shape index (κ3) is 8.22. The van der Waals surface area contributed by atoms with Gasteiger partial charge >= 0.3 is 6.09 Å². The van der Waals surface area contributed by atoms with Crippen LogP contribution in [0.5, 0.6) is 5.88 Å². The fourth-order valence-corrected chi connectivity index (χ4v) is 5.68. The normalized spacial score (nSPS) is 13.3. The van der Waals surface area contributed by atoms with Gasteiger partial charge in [-0.1, -0.05) is 35.9 Å². The summed E-state index contributed by atoms with van der Waals surface area (Å²) in [5.41, 5.74) is 5.62. The molecule has 12 nitrogen and oxygen atoms in total. The first kappa shape index (κ1) is 33.7. The fourth-order valence-electron chi connectivity index (χ4n) is 5.37. The number of hydrogen-bond acceptors (Lipinski definition) is 9. The molecule has 4 N–H and O–H groups in total. The molecule has 3 aromatic heterocycles. The van der Waals surface area contributed by atoms with Gasteiger partial charge in [-0.3, -0.25) is 14.8 Å². The number of carboxylic acid groups (broad SMARTS) is 1. The van der Waals surface area contributed by atoms with Crippen LogP contribution in [0, 0.1) is 6.92 Å². The smallest absolute Gasteiger partial charge is 0.407 e. The second-order valence-electron chi connectivity index (χ2n) is 11.1. The Labute approximate surface area is 277 Å². The molecule has 1 aromatic carbocycles. The molecular formula is C34H37ClN6O6. The third-order valence-electron chi connectivity index (χ3n) is 8.01. The summed E-state index contributed by atoms with van der Waals surface area (Å²) in [5, 5.41) is 25.3. The second kappa shape index (κ2) is 15.8. The van der Waals surface area contributed by atoms with Crippen LogP contribution in [0.3, 0.4) is 0 Å². The number of hydrogen-bond donors (Lipinski definition) is 4. The van der Waals surface area contributed by atoms with Crippen LogP contribution in [0.2, 0.25) is 5.02 Å². The van der Waals surface area contributed by atoms with Crippen molar-refractivity contribution in [1.29, 1.82) is 0 Å². The molecule has 0 unspecified atom stereocenters. The van der Waals surface area contributed by atoms with Crippen LogP contribution in [0.15, 0.2) is 60.9 Å². The predicted molar refractivity (Wildman–Crippen MR) is 178 cm³/mol. The number of rotatable bonds is 12. The van der Waals surface area contributed by atoms with Gasteiger partial charge in [0.2, 0.25) is 5.88 Å². The van der Waals surface area contributed by atoms with E-state index in [0.29, 0.717) is 51.7 Å². The lowest BCUT2D eigenvalue weighted by Gasteiger charge is -2.23. The molecule has 13 heteroatoms. The van der Waals surface area contributed by atoms with Crippen LogP contribution in [-0.4, -0.2) is 81.6 Å². The van der Waals surface area contributed by atoms with Crippen molar-refractivity contribution in [2.75, 3.05) is 38.8 Å². The second-order valence-corrected chi connectivity index (χ2v) is 11.4. The van der Waals surface area contributed by atoms with Gasteiger partial charge in [0.1, 0.15) is 5.69 Å². The van der Waals surface area contributed by atoms with Gasteiger partial charge in [-0.2, -0.15) is 0 Å². The van der Waals surface area contributed by atoms with E-state index in [0.717, 1.165) is 47.6 Å². The zero-order chi connectivity index (χ0) is 33.3. The first-order chi connectivity index (χ1) is 22.8. The average Bonchev–Trinajstić information content (AvgIpc) is 3.09. The van der Waals surface area contributed by atoms with Gasteiger partial charge in [0, 0.05) is 67.1 Å². The summed E-state index contributed by atoms with van der Waals surface area (Å²) in [5.74, 6) is 0.0844. The number of aromatic nitrogens is 3. The SMILES string of the molecule is COc1nc(-c2ccnc(-c3cccc(NC(=O)c4ccc(CN(CCO)C(=O)O)cn4)c3C)c2Cl)ccc1CNC1CCOCC1. The number of carbonyl (C=O) groups excluding carboxylic acids is 1. The molecule has 0 saturated carbocycles. The number of aliphatic hydroxyl groups excluding tert-OH is 1. The highest BCUT2D eigenvalue weighted by Gasteiger charge is 2.19. The molecule has 0 atom stereocenters. The molecule has 4 heterocycles. The number of anilines is 1. The maximum atomic E-state index is 13.1. The van der Waals surface area contributed by atoms with E-state index in [-0.39, 0.29) is 25.4 Å². The number of aliphatic hydroxyl groups is 1. The van der Waals surface area contributed by atoms with Crippen LogP contribution in [0.4, 0.5) is 10.5 Å². The van der Waals surface area contributed by atoms with Crippen molar-refractivity contribution in [3.8, 4) is 28.4 Å². The summed E-state index contributed by atoms with van der Waals surface area (Å²) in [4.78, 5) is 39.1. The number of halogens is 1. The highest BCUT2D eigenvalue weighted by molar-refractivity contribution is 6.35. The number of pyridine rings is 3. The van der Waals surface area contributed by atoms with Crippen molar-refractivity contribution in [3.63, 3.8) is 0 Å². The molecule has 1 fully saturated rings. The molecule has 47 heavy (non-hydrogen) atoms. The molecule has 0 aliphatic carbocycles. The Bertz CT molecular complexity index is 1710. The Kier molecular flexibility index (Phi) is 11.3. The fraction of sp³-hybridized carbons (Fsp3) is 0.324. The lowest BCUT2D eigenvalue weighted by molar-refractivity contribution is 0.0775. The molecule has 4 aromatic rings. The lowest BCUT2D eigenvalue weighted by Crippen LogP contribution is -2.34. The van der Waals surface area contributed by atoms with Crippen molar-refractivity contribution >= 4 is 29.3 Å². The van der Waals surface area contributed by atoms with Crippen molar-refractivity contribution < 1.29 is 29.3 Å². The number of ether oxygens (including phenoxy) is 2.